The second-order valence-electron chi connectivity index (χ2n) is 7.69. The number of thiazole rings is 1. The molecule has 10 heteroatoms. The van der Waals surface area contributed by atoms with E-state index in [9.17, 15) is 19.2 Å². The van der Waals surface area contributed by atoms with E-state index in [1.165, 1.54) is 24.3 Å². The number of hydrogen-bond acceptors (Lipinski definition) is 6. The van der Waals surface area contributed by atoms with E-state index < -0.39 is 5.91 Å². The molecule has 0 atom stereocenters. The van der Waals surface area contributed by atoms with E-state index in [2.05, 4.69) is 10.3 Å². The highest BCUT2D eigenvalue weighted by Crippen LogP contribution is 2.24. The number of amides is 4. The number of aromatic nitrogens is 1. The van der Waals surface area contributed by atoms with Crippen LogP contribution in [0, 0.1) is 0 Å². The van der Waals surface area contributed by atoms with Crippen molar-refractivity contribution in [2.24, 2.45) is 4.99 Å². The predicted octanol–water partition coefficient (Wildman–Crippen LogP) is 3.09. The van der Waals surface area contributed by atoms with E-state index >= 15 is 0 Å². The summed E-state index contributed by atoms with van der Waals surface area (Å²) in [6.07, 6.45) is 0.340. The summed E-state index contributed by atoms with van der Waals surface area (Å²) >= 11 is 1.33. The SMILES string of the molecule is CCOCCn1c(=NC(=O)c2cccc(N3C(=O)CCC3=O)c2)sc2cc(NC(C)=O)ccc21. The molecule has 9 nitrogen and oxygen atoms in total. The van der Waals surface area contributed by atoms with Gasteiger partial charge in [0.05, 0.1) is 22.5 Å². The molecular weight excluding hydrogens is 456 g/mol. The van der Waals surface area contributed by atoms with Gasteiger partial charge in [0.1, 0.15) is 0 Å². The van der Waals surface area contributed by atoms with Gasteiger partial charge in [-0.1, -0.05) is 17.4 Å². The van der Waals surface area contributed by atoms with Gasteiger partial charge in [0.25, 0.3) is 5.91 Å². The molecule has 0 saturated carbocycles. The number of rotatable bonds is 7. The maximum atomic E-state index is 13.1. The second kappa shape index (κ2) is 10.1. The van der Waals surface area contributed by atoms with Gasteiger partial charge in [0, 0.05) is 44.2 Å². The van der Waals surface area contributed by atoms with Gasteiger partial charge in [-0.2, -0.15) is 4.99 Å². The molecule has 0 spiro atoms. The molecular formula is C24H24N4O5S. The maximum absolute atomic E-state index is 13.1. The first-order valence-electron chi connectivity index (χ1n) is 10.9. The lowest BCUT2D eigenvalue weighted by molar-refractivity contribution is -0.121. The third-order valence-electron chi connectivity index (χ3n) is 5.27. The quantitative estimate of drug-likeness (QED) is 0.413. The fraction of sp³-hybridized carbons (Fsp3) is 0.292. The smallest absolute Gasteiger partial charge is 0.279 e. The number of fused-ring (bicyclic) bond motifs is 1. The molecule has 2 aromatic carbocycles. The van der Waals surface area contributed by atoms with Crippen molar-refractivity contribution in [2.45, 2.75) is 33.2 Å². The molecule has 0 bridgehead atoms. The van der Waals surface area contributed by atoms with Crippen LogP contribution in [0.5, 0.6) is 0 Å². The minimum atomic E-state index is -0.486. The molecule has 4 amide bonds. The van der Waals surface area contributed by atoms with E-state index in [1.807, 2.05) is 23.6 Å². The molecule has 1 fully saturated rings. The predicted molar refractivity (Wildman–Crippen MR) is 129 cm³/mol. The Morgan fingerprint density at radius 3 is 2.59 bits per heavy atom. The first-order valence-corrected chi connectivity index (χ1v) is 11.7. The summed E-state index contributed by atoms with van der Waals surface area (Å²) in [4.78, 5) is 54.6. The molecule has 1 aromatic heterocycles. The summed E-state index contributed by atoms with van der Waals surface area (Å²) in [5.74, 6) is -1.21. The lowest BCUT2D eigenvalue weighted by Crippen LogP contribution is -2.28. The monoisotopic (exact) mass is 480 g/mol. The van der Waals surface area contributed by atoms with E-state index in [4.69, 9.17) is 4.74 Å². The zero-order chi connectivity index (χ0) is 24.2. The molecule has 4 rings (SSSR count). The van der Waals surface area contributed by atoms with E-state index in [-0.39, 0.29) is 36.1 Å². The Morgan fingerprint density at radius 1 is 1.12 bits per heavy atom. The molecule has 1 saturated heterocycles. The third kappa shape index (κ3) is 4.97. The van der Waals surface area contributed by atoms with Crippen LogP contribution in [0.15, 0.2) is 47.5 Å². The summed E-state index contributed by atoms with van der Waals surface area (Å²) in [5, 5.41) is 2.76. The number of nitrogens with zero attached hydrogens (tertiary/aromatic N) is 3. The standard InChI is InChI=1S/C24H24N4O5S/c1-3-33-12-11-27-19-8-7-17(25-15(2)29)14-20(19)34-24(27)26-23(32)16-5-4-6-18(13-16)28-21(30)9-10-22(28)31/h4-8,13-14H,3,9-12H2,1-2H3,(H,25,29). The van der Waals surface area contributed by atoms with Crippen molar-refractivity contribution >= 4 is 56.6 Å². The summed E-state index contributed by atoms with van der Waals surface area (Å²) in [6, 6.07) is 11.9. The average molecular weight is 481 g/mol. The van der Waals surface area contributed by atoms with Crippen molar-refractivity contribution in [2.75, 3.05) is 23.4 Å². The number of ether oxygens (including phenoxy) is 1. The van der Waals surface area contributed by atoms with Gasteiger partial charge in [-0.3, -0.25) is 24.1 Å². The number of benzene rings is 2. The number of hydrogen-bond donors (Lipinski definition) is 1. The number of anilines is 2. The van der Waals surface area contributed by atoms with Crippen LogP contribution < -0.4 is 15.0 Å². The van der Waals surface area contributed by atoms with Crippen LogP contribution >= 0.6 is 11.3 Å². The van der Waals surface area contributed by atoms with Crippen LogP contribution in [0.1, 0.15) is 37.0 Å². The zero-order valence-corrected chi connectivity index (χ0v) is 19.7. The van der Waals surface area contributed by atoms with Crippen molar-refractivity contribution in [1.29, 1.82) is 0 Å². The van der Waals surface area contributed by atoms with E-state index in [0.717, 1.165) is 15.1 Å². The van der Waals surface area contributed by atoms with Crippen LogP contribution in [-0.4, -0.2) is 41.4 Å². The largest absolute Gasteiger partial charge is 0.380 e. The molecule has 176 valence electrons. The van der Waals surface area contributed by atoms with Gasteiger partial charge in [-0.05, 0) is 43.3 Å². The van der Waals surface area contributed by atoms with Crippen molar-refractivity contribution in [3.05, 3.63) is 52.8 Å². The Balaban J connectivity index is 1.72. The van der Waals surface area contributed by atoms with Crippen LogP contribution in [-0.2, 0) is 25.7 Å². The maximum Gasteiger partial charge on any atom is 0.279 e. The van der Waals surface area contributed by atoms with E-state index in [1.54, 1.807) is 24.3 Å². The molecule has 2 heterocycles. The summed E-state index contributed by atoms with van der Waals surface area (Å²) in [5.41, 5.74) is 2.17. The molecule has 1 aliphatic heterocycles. The van der Waals surface area contributed by atoms with Gasteiger partial charge >= 0.3 is 0 Å². The number of carbonyl (C=O) groups is 4. The minimum absolute atomic E-state index is 0.170. The van der Waals surface area contributed by atoms with Gasteiger partial charge in [-0.15, -0.1) is 0 Å². The van der Waals surface area contributed by atoms with Gasteiger partial charge in [0.2, 0.25) is 17.7 Å². The Morgan fingerprint density at radius 2 is 1.88 bits per heavy atom. The normalized spacial score (nSPS) is 14.3. The highest BCUT2D eigenvalue weighted by atomic mass is 32.1. The molecule has 0 radical (unpaired) electrons. The van der Waals surface area contributed by atoms with Crippen LogP contribution in [0.25, 0.3) is 10.2 Å². The first kappa shape index (κ1) is 23.5. The summed E-state index contributed by atoms with van der Waals surface area (Å²) < 4.78 is 8.26. The van der Waals surface area contributed by atoms with Crippen molar-refractivity contribution in [1.82, 2.24) is 4.57 Å². The zero-order valence-electron chi connectivity index (χ0n) is 18.9. The molecule has 34 heavy (non-hydrogen) atoms. The fourth-order valence-electron chi connectivity index (χ4n) is 3.75. The minimum Gasteiger partial charge on any atom is -0.380 e. The first-order chi connectivity index (χ1) is 16.4. The Bertz CT molecular complexity index is 1340. The lowest BCUT2D eigenvalue weighted by Gasteiger charge is -2.14. The molecule has 0 unspecified atom stereocenters. The highest BCUT2D eigenvalue weighted by Gasteiger charge is 2.30. The van der Waals surface area contributed by atoms with Crippen LogP contribution in [0.3, 0.4) is 0 Å². The summed E-state index contributed by atoms with van der Waals surface area (Å²) in [6.45, 7) is 4.87. The third-order valence-corrected chi connectivity index (χ3v) is 6.31. The number of carbonyl (C=O) groups excluding carboxylic acids is 4. The molecule has 3 aromatic rings. The Hall–Kier alpha value is -3.63. The topological polar surface area (TPSA) is 110 Å². The van der Waals surface area contributed by atoms with E-state index in [0.29, 0.717) is 35.9 Å². The molecule has 0 aliphatic carbocycles. The summed E-state index contributed by atoms with van der Waals surface area (Å²) in [7, 11) is 0. The fourth-order valence-corrected chi connectivity index (χ4v) is 4.84. The average Bonchev–Trinajstić information content (AvgIpc) is 3.32. The van der Waals surface area contributed by atoms with Crippen molar-refractivity contribution in [3.63, 3.8) is 0 Å². The van der Waals surface area contributed by atoms with Gasteiger partial charge in [-0.25, -0.2) is 0 Å². The lowest BCUT2D eigenvalue weighted by atomic mass is 10.2. The Kier molecular flexibility index (Phi) is 6.99. The van der Waals surface area contributed by atoms with Gasteiger partial charge < -0.3 is 14.6 Å². The van der Waals surface area contributed by atoms with Crippen molar-refractivity contribution in [3.8, 4) is 0 Å². The van der Waals surface area contributed by atoms with Crippen LogP contribution in [0.4, 0.5) is 11.4 Å². The van der Waals surface area contributed by atoms with Crippen LogP contribution in [0.2, 0.25) is 0 Å². The molecule has 1 N–H and O–H groups in total. The molecule has 1 aliphatic rings. The van der Waals surface area contributed by atoms with Crippen molar-refractivity contribution < 1.29 is 23.9 Å². The Labute approximate surface area is 199 Å². The number of nitrogens with one attached hydrogen (secondary N) is 1. The highest BCUT2D eigenvalue weighted by molar-refractivity contribution is 7.16. The number of imide groups is 1. The second-order valence-corrected chi connectivity index (χ2v) is 8.70. The van der Waals surface area contributed by atoms with Gasteiger partial charge in [0.15, 0.2) is 4.80 Å².